The van der Waals surface area contributed by atoms with Crippen molar-refractivity contribution in [1.82, 2.24) is 14.5 Å². The standard InChI is InChI=1S/C23H18F8N4O.ClH/c24-12-1-2-14(16(26)7-12)21-19-10-34(3-4-35(19)22(33-21)23(29,30)31)20(36)8-13(32)5-11-6-17(27)18(28)9-15(11)25;/h1-2,6-7,9,13H,3-5,8,10,32H2;1H. The molecule has 37 heavy (non-hydrogen) atoms. The summed E-state index contributed by atoms with van der Waals surface area (Å²) in [5, 5.41) is 0. The first-order valence-corrected chi connectivity index (χ1v) is 10.6. The minimum atomic E-state index is -4.87. The summed E-state index contributed by atoms with van der Waals surface area (Å²) in [7, 11) is 0. The van der Waals surface area contributed by atoms with Crippen LogP contribution >= 0.6 is 12.4 Å². The molecular weight excluding hydrogens is 536 g/mol. The Morgan fingerprint density at radius 1 is 0.973 bits per heavy atom. The van der Waals surface area contributed by atoms with Crippen LogP contribution in [0.2, 0.25) is 0 Å². The summed E-state index contributed by atoms with van der Waals surface area (Å²) in [6, 6.07) is 2.33. The van der Waals surface area contributed by atoms with Gasteiger partial charge in [-0.15, -0.1) is 12.4 Å². The number of aromatic nitrogens is 2. The maximum Gasteiger partial charge on any atom is 0.449 e. The predicted molar refractivity (Wildman–Crippen MR) is 118 cm³/mol. The fourth-order valence-electron chi connectivity index (χ4n) is 4.12. The number of carbonyl (C=O) groups is 1. The van der Waals surface area contributed by atoms with E-state index < -0.39 is 53.0 Å². The van der Waals surface area contributed by atoms with Crippen LogP contribution in [-0.2, 0) is 30.5 Å². The minimum Gasteiger partial charge on any atom is -0.335 e. The minimum absolute atomic E-state index is 0. The highest BCUT2D eigenvalue weighted by Gasteiger charge is 2.41. The van der Waals surface area contributed by atoms with Gasteiger partial charge < -0.3 is 15.2 Å². The van der Waals surface area contributed by atoms with Crippen molar-refractivity contribution < 1.29 is 39.9 Å². The summed E-state index contributed by atoms with van der Waals surface area (Å²) < 4.78 is 110. The third-order valence-electron chi connectivity index (χ3n) is 5.81. The van der Waals surface area contributed by atoms with Crippen LogP contribution in [0, 0.1) is 29.1 Å². The number of hydrogen-bond acceptors (Lipinski definition) is 3. The molecule has 4 rings (SSSR count). The molecule has 2 N–H and O–H groups in total. The molecule has 2 heterocycles. The second kappa shape index (κ2) is 10.7. The van der Waals surface area contributed by atoms with Gasteiger partial charge in [0.15, 0.2) is 11.6 Å². The molecule has 1 aromatic heterocycles. The fraction of sp³-hybridized carbons (Fsp3) is 0.304. The number of nitrogens with two attached hydrogens (primary N) is 1. The average molecular weight is 555 g/mol. The molecule has 0 bridgehead atoms. The first-order valence-electron chi connectivity index (χ1n) is 10.6. The highest BCUT2D eigenvalue weighted by molar-refractivity contribution is 5.85. The Bertz CT molecular complexity index is 1330. The van der Waals surface area contributed by atoms with Crippen molar-refractivity contribution in [3.05, 3.63) is 76.5 Å². The van der Waals surface area contributed by atoms with E-state index in [4.69, 9.17) is 5.73 Å². The number of amides is 1. The molecule has 2 aromatic carbocycles. The van der Waals surface area contributed by atoms with E-state index in [9.17, 15) is 39.9 Å². The molecule has 14 heteroatoms. The van der Waals surface area contributed by atoms with Crippen molar-refractivity contribution in [3.63, 3.8) is 0 Å². The van der Waals surface area contributed by atoms with Crippen LogP contribution < -0.4 is 5.73 Å². The highest BCUT2D eigenvalue weighted by atomic mass is 35.5. The van der Waals surface area contributed by atoms with Gasteiger partial charge >= 0.3 is 6.18 Å². The van der Waals surface area contributed by atoms with Gasteiger partial charge in [-0.25, -0.2) is 26.9 Å². The fourth-order valence-corrected chi connectivity index (χ4v) is 4.12. The summed E-state index contributed by atoms with van der Waals surface area (Å²) in [4.78, 5) is 17.6. The molecular formula is C23H19ClF8N4O. The molecule has 5 nitrogen and oxygen atoms in total. The first-order chi connectivity index (χ1) is 16.8. The number of imidazole rings is 1. The maximum atomic E-state index is 14.4. The van der Waals surface area contributed by atoms with E-state index in [1.54, 1.807) is 0 Å². The zero-order chi connectivity index (χ0) is 26.4. The first kappa shape index (κ1) is 28.4. The Labute approximate surface area is 211 Å². The van der Waals surface area contributed by atoms with E-state index in [1.807, 2.05) is 0 Å². The number of nitrogens with zero attached hydrogens (tertiary/aromatic N) is 3. The average Bonchev–Trinajstić information content (AvgIpc) is 3.16. The molecule has 1 unspecified atom stereocenters. The lowest BCUT2D eigenvalue weighted by Gasteiger charge is -2.30. The normalized spacial score (nSPS) is 14.2. The highest BCUT2D eigenvalue weighted by Crippen LogP contribution is 2.37. The molecule has 0 aliphatic carbocycles. The van der Waals surface area contributed by atoms with E-state index in [0.29, 0.717) is 18.2 Å². The van der Waals surface area contributed by atoms with Crippen LogP contribution in [0.1, 0.15) is 23.5 Å². The van der Waals surface area contributed by atoms with E-state index in [-0.39, 0.29) is 67.4 Å². The molecule has 1 amide bonds. The van der Waals surface area contributed by atoms with E-state index in [0.717, 1.165) is 16.7 Å². The van der Waals surface area contributed by atoms with Crippen molar-refractivity contribution in [1.29, 1.82) is 0 Å². The van der Waals surface area contributed by atoms with E-state index in [2.05, 4.69) is 4.98 Å². The quantitative estimate of drug-likeness (QED) is 0.357. The molecule has 1 aliphatic heterocycles. The Hall–Kier alpha value is -3.19. The van der Waals surface area contributed by atoms with Gasteiger partial charge in [-0.2, -0.15) is 13.2 Å². The summed E-state index contributed by atoms with van der Waals surface area (Å²) >= 11 is 0. The molecule has 1 aliphatic rings. The number of benzene rings is 2. The second-order valence-electron chi connectivity index (χ2n) is 8.35. The Kier molecular flexibility index (Phi) is 8.18. The number of alkyl halides is 3. The summed E-state index contributed by atoms with van der Waals surface area (Å²) in [6.45, 7) is -0.831. The van der Waals surface area contributed by atoms with Gasteiger partial charge in [0.1, 0.15) is 17.5 Å². The van der Waals surface area contributed by atoms with Gasteiger partial charge in [0, 0.05) is 43.2 Å². The molecule has 200 valence electrons. The molecule has 0 spiro atoms. The van der Waals surface area contributed by atoms with Gasteiger partial charge in [-0.05, 0) is 30.2 Å². The zero-order valence-electron chi connectivity index (χ0n) is 18.8. The summed E-state index contributed by atoms with van der Waals surface area (Å²) in [5.74, 6) is -7.63. The second-order valence-corrected chi connectivity index (χ2v) is 8.35. The van der Waals surface area contributed by atoms with Crippen molar-refractivity contribution in [2.24, 2.45) is 5.73 Å². The number of carbonyl (C=O) groups excluding carboxylic acids is 1. The number of halogens is 9. The summed E-state index contributed by atoms with van der Waals surface area (Å²) in [6.07, 6.45) is -5.55. The van der Waals surface area contributed by atoms with E-state index >= 15 is 0 Å². The van der Waals surface area contributed by atoms with Crippen LogP contribution in [0.3, 0.4) is 0 Å². The van der Waals surface area contributed by atoms with Crippen molar-refractivity contribution in [2.75, 3.05) is 6.54 Å². The third-order valence-corrected chi connectivity index (χ3v) is 5.81. The smallest absolute Gasteiger partial charge is 0.335 e. The van der Waals surface area contributed by atoms with Gasteiger partial charge in [0.2, 0.25) is 11.7 Å². The lowest BCUT2D eigenvalue weighted by Crippen LogP contribution is -2.42. The van der Waals surface area contributed by atoms with Crippen LogP contribution in [0.4, 0.5) is 35.1 Å². The van der Waals surface area contributed by atoms with E-state index in [1.165, 1.54) is 4.90 Å². The largest absolute Gasteiger partial charge is 0.449 e. The molecule has 0 radical (unpaired) electrons. The lowest BCUT2D eigenvalue weighted by atomic mass is 10.0. The van der Waals surface area contributed by atoms with Gasteiger partial charge in [-0.1, -0.05) is 0 Å². The topological polar surface area (TPSA) is 64.2 Å². The molecule has 3 aromatic rings. The van der Waals surface area contributed by atoms with Crippen molar-refractivity contribution in [2.45, 2.75) is 38.1 Å². The number of hydrogen-bond donors (Lipinski definition) is 1. The number of rotatable bonds is 5. The molecule has 1 atom stereocenters. The monoisotopic (exact) mass is 554 g/mol. The summed E-state index contributed by atoms with van der Waals surface area (Å²) in [5.41, 5.74) is 4.81. The Balaban J connectivity index is 0.00000380. The van der Waals surface area contributed by atoms with Crippen LogP contribution in [0.5, 0.6) is 0 Å². The van der Waals surface area contributed by atoms with Crippen LogP contribution in [0.15, 0.2) is 30.3 Å². The van der Waals surface area contributed by atoms with Gasteiger partial charge in [0.05, 0.1) is 17.9 Å². The molecule has 0 saturated carbocycles. The van der Waals surface area contributed by atoms with Gasteiger partial charge in [-0.3, -0.25) is 4.79 Å². The van der Waals surface area contributed by atoms with Crippen LogP contribution in [-0.4, -0.2) is 32.9 Å². The van der Waals surface area contributed by atoms with Crippen molar-refractivity contribution >= 4 is 18.3 Å². The zero-order valence-corrected chi connectivity index (χ0v) is 19.6. The van der Waals surface area contributed by atoms with Crippen LogP contribution in [0.25, 0.3) is 11.3 Å². The maximum absolute atomic E-state index is 14.4. The van der Waals surface area contributed by atoms with Gasteiger partial charge in [0.25, 0.3) is 0 Å². The van der Waals surface area contributed by atoms with Crippen molar-refractivity contribution in [3.8, 4) is 11.3 Å². The SMILES string of the molecule is Cl.NC(CC(=O)N1CCn2c(C(F)(F)F)nc(-c3ccc(F)cc3F)c2C1)Cc1cc(F)c(F)cc1F. The Morgan fingerprint density at radius 3 is 2.30 bits per heavy atom. The third kappa shape index (κ3) is 5.87. The number of fused-ring (bicyclic) bond motifs is 1. The Morgan fingerprint density at radius 2 is 1.65 bits per heavy atom. The molecule has 0 saturated heterocycles. The lowest BCUT2D eigenvalue weighted by molar-refractivity contribution is -0.148. The molecule has 0 fully saturated rings. The predicted octanol–water partition coefficient (Wildman–Crippen LogP) is 4.99.